The Bertz CT molecular complexity index is 695. The minimum atomic E-state index is -0.108. The number of hydrogen-bond donors (Lipinski definition) is 0. The summed E-state index contributed by atoms with van der Waals surface area (Å²) in [5, 5.41) is 0. The molecule has 1 fully saturated rings. The van der Waals surface area contributed by atoms with Crippen molar-refractivity contribution >= 4 is 23.4 Å². The van der Waals surface area contributed by atoms with Crippen molar-refractivity contribution in [3.05, 3.63) is 60.2 Å². The number of hydrogen-bond acceptors (Lipinski definition) is 4. The van der Waals surface area contributed by atoms with Gasteiger partial charge in [0.2, 0.25) is 0 Å². The molecule has 3 nitrogen and oxygen atoms in total. The Hall–Kier alpha value is -1.81. The molecule has 4 rings (SSSR count). The fraction of sp³-hybridized carbons (Fsp3) is 0.368. The van der Waals surface area contributed by atoms with Crippen LogP contribution >= 0.6 is 11.8 Å². The molecule has 4 heteroatoms. The number of ether oxygens (including phenoxy) is 1. The van der Waals surface area contributed by atoms with Crippen LogP contribution in [0.3, 0.4) is 0 Å². The maximum Gasteiger partial charge on any atom is 0.310 e. The van der Waals surface area contributed by atoms with E-state index < -0.39 is 0 Å². The van der Waals surface area contributed by atoms with E-state index in [2.05, 4.69) is 23.2 Å². The van der Waals surface area contributed by atoms with E-state index in [1.807, 2.05) is 48.2 Å². The average Bonchev–Trinajstić information content (AvgIpc) is 2.98. The van der Waals surface area contributed by atoms with Gasteiger partial charge in [0.25, 0.3) is 0 Å². The molecule has 0 bridgehead atoms. The van der Waals surface area contributed by atoms with Gasteiger partial charge in [-0.3, -0.25) is 9.79 Å². The van der Waals surface area contributed by atoms with Gasteiger partial charge in [0, 0.05) is 12.3 Å². The van der Waals surface area contributed by atoms with Crippen LogP contribution in [0.25, 0.3) is 0 Å². The molecule has 0 aromatic heterocycles. The summed E-state index contributed by atoms with van der Waals surface area (Å²) in [7, 11) is 0. The van der Waals surface area contributed by atoms with Crippen molar-refractivity contribution in [1.29, 1.82) is 0 Å². The van der Waals surface area contributed by atoms with Crippen molar-refractivity contribution in [2.24, 2.45) is 16.8 Å². The lowest BCUT2D eigenvalue weighted by Crippen LogP contribution is -2.44. The first-order valence-corrected chi connectivity index (χ1v) is 9.03. The van der Waals surface area contributed by atoms with Crippen LogP contribution in [-0.4, -0.2) is 28.7 Å². The van der Waals surface area contributed by atoms with Crippen LogP contribution in [0, 0.1) is 11.8 Å². The van der Waals surface area contributed by atoms with Crippen LogP contribution in [0.2, 0.25) is 0 Å². The van der Waals surface area contributed by atoms with Gasteiger partial charge in [-0.15, -0.1) is 11.8 Å². The van der Waals surface area contributed by atoms with Gasteiger partial charge in [-0.1, -0.05) is 48.6 Å². The highest BCUT2D eigenvalue weighted by Gasteiger charge is 2.54. The Balaban J connectivity index is 1.48. The Labute approximate surface area is 140 Å². The molecule has 2 aliphatic heterocycles. The molecule has 2 heterocycles. The summed E-state index contributed by atoms with van der Waals surface area (Å²) in [5.41, 5.74) is 2.16. The van der Waals surface area contributed by atoms with E-state index in [1.54, 1.807) is 0 Å². The standard InChI is InChI=1S/C19H19NO2S/c21-18(22-12-14-6-2-1-3-7-14)15-13-23-19-10-5-4-8-17(19)20-11-9-16(15)19/h1-8,10,15-16H,9,11-13H2. The van der Waals surface area contributed by atoms with E-state index in [4.69, 9.17) is 4.74 Å². The molecule has 23 heavy (non-hydrogen) atoms. The lowest BCUT2D eigenvalue weighted by Gasteiger charge is -2.37. The minimum absolute atomic E-state index is 0.0367. The zero-order valence-corrected chi connectivity index (χ0v) is 13.7. The number of esters is 1. The second-order valence-electron chi connectivity index (χ2n) is 6.18. The summed E-state index contributed by atoms with van der Waals surface area (Å²) < 4.78 is 5.50. The molecule has 3 aliphatic rings. The molecule has 118 valence electrons. The number of rotatable bonds is 3. The van der Waals surface area contributed by atoms with E-state index in [9.17, 15) is 4.79 Å². The average molecular weight is 325 g/mol. The maximum atomic E-state index is 12.6. The zero-order valence-electron chi connectivity index (χ0n) is 12.9. The summed E-state index contributed by atoms with van der Waals surface area (Å²) >= 11 is 1.85. The number of aliphatic imine (C=N–C) groups is 1. The fourth-order valence-corrected chi connectivity index (χ4v) is 5.51. The molecule has 1 aromatic carbocycles. The summed E-state index contributed by atoms with van der Waals surface area (Å²) in [5.74, 6) is 1.01. The van der Waals surface area contributed by atoms with Crippen LogP contribution < -0.4 is 0 Å². The van der Waals surface area contributed by atoms with Crippen molar-refractivity contribution in [1.82, 2.24) is 0 Å². The highest BCUT2D eigenvalue weighted by atomic mass is 32.2. The highest BCUT2D eigenvalue weighted by molar-refractivity contribution is 8.02. The lowest BCUT2D eigenvalue weighted by atomic mass is 9.74. The first-order chi connectivity index (χ1) is 11.3. The molecule has 0 radical (unpaired) electrons. The molecule has 1 aliphatic carbocycles. The third kappa shape index (κ3) is 2.55. The van der Waals surface area contributed by atoms with Crippen LogP contribution in [0.1, 0.15) is 12.0 Å². The topological polar surface area (TPSA) is 38.7 Å². The molecule has 0 N–H and O–H groups in total. The predicted octanol–water partition coefficient (Wildman–Crippen LogP) is 3.42. The number of thioether (sulfide) groups is 1. The first-order valence-electron chi connectivity index (χ1n) is 8.05. The van der Waals surface area contributed by atoms with Gasteiger partial charge in [0.1, 0.15) is 6.61 Å². The van der Waals surface area contributed by atoms with Crippen LogP contribution in [-0.2, 0) is 16.1 Å². The summed E-state index contributed by atoms with van der Waals surface area (Å²) in [6, 6.07) is 9.87. The largest absolute Gasteiger partial charge is 0.461 e. The third-order valence-corrected chi connectivity index (χ3v) is 6.55. The van der Waals surface area contributed by atoms with E-state index in [0.29, 0.717) is 12.5 Å². The van der Waals surface area contributed by atoms with E-state index in [-0.39, 0.29) is 16.6 Å². The van der Waals surface area contributed by atoms with Gasteiger partial charge in [-0.2, -0.15) is 0 Å². The van der Waals surface area contributed by atoms with Crippen molar-refractivity contribution < 1.29 is 9.53 Å². The molecular weight excluding hydrogens is 306 g/mol. The van der Waals surface area contributed by atoms with Crippen LogP contribution in [0.15, 0.2) is 59.6 Å². The number of benzene rings is 1. The molecule has 3 unspecified atom stereocenters. The molecule has 1 spiro atoms. The van der Waals surface area contributed by atoms with E-state index >= 15 is 0 Å². The van der Waals surface area contributed by atoms with Crippen LogP contribution in [0.5, 0.6) is 0 Å². The normalized spacial score (nSPS) is 31.2. The molecule has 1 aromatic rings. The van der Waals surface area contributed by atoms with Gasteiger partial charge in [-0.05, 0) is 24.0 Å². The Kier molecular flexibility index (Phi) is 3.85. The zero-order chi connectivity index (χ0) is 15.7. The third-order valence-electron chi connectivity index (χ3n) is 4.90. The van der Waals surface area contributed by atoms with Crippen LogP contribution in [0.4, 0.5) is 0 Å². The Morgan fingerprint density at radius 2 is 2.17 bits per heavy atom. The lowest BCUT2D eigenvalue weighted by molar-refractivity contribution is -0.150. The van der Waals surface area contributed by atoms with Gasteiger partial charge >= 0.3 is 5.97 Å². The second kappa shape index (κ2) is 6.00. The Morgan fingerprint density at radius 3 is 3.04 bits per heavy atom. The molecule has 1 saturated heterocycles. The number of allylic oxidation sites excluding steroid dienone is 3. The molecule has 0 amide bonds. The highest BCUT2D eigenvalue weighted by Crippen LogP contribution is 2.53. The first kappa shape index (κ1) is 14.8. The predicted molar refractivity (Wildman–Crippen MR) is 93.6 cm³/mol. The second-order valence-corrected chi connectivity index (χ2v) is 7.48. The smallest absolute Gasteiger partial charge is 0.310 e. The minimum Gasteiger partial charge on any atom is -0.461 e. The number of carbonyl (C=O) groups excluding carboxylic acids is 1. The quantitative estimate of drug-likeness (QED) is 0.799. The van der Waals surface area contributed by atoms with Crippen molar-refractivity contribution in [2.75, 3.05) is 12.3 Å². The fourth-order valence-electron chi connectivity index (χ4n) is 3.73. The molecule has 0 saturated carbocycles. The molecule has 3 atom stereocenters. The monoisotopic (exact) mass is 325 g/mol. The van der Waals surface area contributed by atoms with Gasteiger partial charge in [0.15, 0.2) is 0 Å². The summed E-state index contributed by atoms with van der Waals surface area (Å²) in [4.78, 5) is 17.3. The van der Waals surface area contributed by atoms with E-state index in [0.717, 1.165) is 30.0 Å². The van der Waals surface area contributed by atoms with Gasteiger partial charge in [0.05, 0.1) is 16.4 Å². The van der Waals surface area contributed by atoms with Gasteiger partial charge < -0.3 is 4.74 Å². The SMILES string of the molecule is O=C(OCc1ccccc1)C1CSC23C=CC=CC2=NCCC13. The van der Waals surface area contributed by atoms with E-state index in [1.165, 1.54) is 0 Å². The van der Waals surface area contributed by atoms with Crippen molar-refractivity contribution in [3.8, 4) is 0 Å². The molecular formula is C19H19NO2S. The Morgan fingerprint density at radius 1 is 1.30 bits per heavy atom. The summed E-state index contributed by atoms with van der Waals surface area (Å²) in [6.07, 6.45) is 9.40. The van der Waals surface area contributed by atoms with Gasteiger partial charge in [-0.25, -0.2) is 0 Å². The number of nitrogens with zero attached hydrogens (tertiary/aromatic N) is 1. The van der Waals surface area contributed by atoms with Crippen molar-refractivity contribution in [3.63, 3.8) is 0 Å². The number of carbonyl (C=O) groups is 1. The van der Waals surface area contributed by atoms with Crippen molar-refractivity contribution in [2.45, 2.75) is 17.8 Å². The maximum absolute atomic E-state index is 12.6. The summed E-state index contributed by atoms with van der Waals surface area (Å²) in [6.45, 7) is 1.17.